The van der Waals surface area contributed by atoms with Crippen molar-refractivity contribution in [3.8, 4) is 0 Å². The molecule has 1 aromatic heterocycles. The van der Waals surface area contributed by atoms with E-state index in [2.05, 4.69) is 20.6 Å². The molecule has 1 aliphatic heterocycles. The summed E-state index contributed by atoms with van der Waals surface area (Å²) in [7, 11) is 0. The minimum absolute atomic E-state index is 0.0514. The van der Waals surface area contributed by atoms with Gasteiger partial charge in [0.15, 0.2) is 0 Å². The van der Waals surface area contributed by atoms with E-state index in [0.717, 1.165) is 32.3 Å². The van der Waals surface area contributed by atoms with E-state index in [9.17, 15) is 10.1 Å². The normalized spacial score (nSPS) is 21.6. The summed E-state index contributed by atoms with van der Waals surface area (Å²) < 4.78 is 5.53. The molecule has 1 atom stereocenters. The molecular formula is C15H24N6O3. The standard InChI is InChI=1S/C15H24N6O3/c16-13-12(21(22)23)14(17-9-11-7-4-8-24-11)20-15(19-13)18-10-5-2-1-3-6-10/h10-11H,1-9H2,(H4,16,17,18,19,20)/t11-/m0/s1. The van der Waals surface area contributed by atoms with Crippen LogP contribution in [0.4, 0.5) is 23.3 Å². The van der Waals surface area contributed by atoms with Crippen molar-refractivity contribution in [3.63, 3.8) is 0 Å². The lowest BCUT2D eigenvalue weighted by Gasteiger charge is -2.23. The summed E-state index contributed by atoms with van der Waals surface area (Å²) >= 11 is 0. The van der Waals surface area contributed by atoms with Gasteiger partial charge in [-0.15, -0.1) is 0 Å². The third-order valence-electron chi connectivity index (χ3n) is 4.55. The average Bonchev–Trinajstić information content (AvgIpc) is 3.06. The van der Waals surface area contributed by atoms with Gasteiger partial charge >= 0.3 is 5.69 Å². The molecule has 0 amide bonds. The van der Waals surface area contributed by atoms with Crippen molar-refractivity contribution in [2.24, 2.45) is 0 Å². The van der Waals surface area contributed by atoms with Gasteiger partial charge in [-0.05, 0) is 25.7 Å². The fourth-order valence-corrected chi connectivity index (χ4v) is 3.29. The molecule has 9 nitrogen and oxygen atoms in total. The van der Waals surface area contributed by atoms with Crippen molar-refractivity contribution in [1.82, 2.24) is 9.97 Å². The summed E-state index contributed by atoms with van der Waals surface area (Å²) in [6, 6.07) is 0.297. The number of nitrogens with two attached hydrogens (primary N) is 1. The summed E-state index contributed by atoms with van der Waals surface area (Å²) in [6.07, 6.45) is 7.70. The highest BCUT2D eigenvalue weighted by Gasteiger charge is 2.25. The van der Waals surface area contributed by atoms with E-state index < -0.39 is 4.92 Å². The van der Waals surface area contributed by atoms with Crippen LogP contribution in [0.3, 0.4) is 0 Å². The second-order valence-electron chi connectivity index (χ2n) is 6.38. The Morgan fingerprint density at radius 3 is 2.67 bits per heavy atom. The van der Waals surface area contributed by atoms with Crippen LogP contribution in [0.1, 0.15) is 44.9 Å². The molecular weight excluding hydrogens is 312 g/mol. The first kappa shape index (κ1) is 16.7. The quantitative estimate of drug-likeness (QED) is 0.533. The fraction of sp³-hybridized carbons (Fsp3) is 0.733. The molecule has 1 saturated carbocycles. The highest BCUT2D eigenvalue weighted by atomic mass is 16.6. The Labute approximate surface area is 140 Å². The molecule has 1 aromatic rings. The van der Waals surface area contributed by atoms with Gasteiger partial charge in [-0.2, -0.15) is 9.97 Å². The molecule has 9 heteroatoms. The fourth-order valence-electron chi connectivity index (χ4n) is 3.29. The van der Waals surface area contributed by atoms with E-state index in [1.165, 1.54) is 19.3 Å². The van der Waals surface area contributed by atoms with Gasteiger partial charge in [0, 0.05) is 19.2 Å². The summed E-state index contributed by atoms with van der Waals surface area (Å²) in [5.74, 6) is 0.379. The molecule has 0 radical (unpaired) electrons. The number of ether oxygens (including phenoxy) is 1. The Morgan fingerprint density at radius 2 is 2.00 bits per heavy atom. The number of nitrogens with one attached hydrogen (secondary N) is 2. The number of nitrogen functional groups attached to an aromatic ring is 1. The van der Waals surface area contributed by atoms with E-state index in [1.54, 1.807) is 0 Å². The first-order chi connectivity index (χ1) is 11.6. The van der Waals surface area contributed by atoms with E-state index >= 15 is 0 Å². The molecule has 0 spiro atoms. The number of hydrogen-bond acceptors (Lipinski definition) is 8. The van der Waals surface area contributed by atoms with Crippen LogP contribution >= 0.6 is 0 Å². The van der Waals surface area contributed by atoms with Crippen LogP contribution < -0.4 is 16.4 Å². The van der Waals surface area contributed by atoms with E-state index in [0.29, 0.717) is 18.5 Å². The lowest BCUT2D eigenvalue weighted by molar-refractivity contribution is -0.383. The summed E-state index contributed by atoms with van der Waals surface area (Å²) in [6.45, 7) is 1.20. The van der Waals surface area contributed by atoms with Gasteiger partial charge in [0.25, 0.3) is 0 Å². The number of rotatable bonds is 6. The Morgan fingerprint density at radius 1 is 1.21 bits per heavy atom. The molecule has 24 heavy (non-hydrogen) atoms. The van der Waals surface area contributed by atoms with Crippen molar-refractivity contribution < 1.29 is 9.66 Å². The molecule has 2 fully saturated rings. The van der Waals surface area contributed by atoms with Crippen LogP contribution in [0.2, 0.25) is 0 Å². The van der Waals surface area contributed by atoms with Gasteiger partial charge < -0.3 is 21.1 Å². The Balaban J connectivity index is 1.75. The number of anilines is 3. The highest BCUT2D eigenvalue weighted by molar-refractivity contribution is 5.70. The lowest BCUT2D eigenvalue weighted by atomic mass is 9.96. The maximum atomic E-state index is 11.3. The summed E-state index contributed by atoms with van der Waals surface area (Å²) in [4.78, 5) is 19.1. The van der Waals surface area contributed by atoms with Crippen LogP contribution in [0.25, 0.3) is 0 Å². The van der Waals surface area contributed by atoms with Crippen LogP contribution in [-0.2, 0) is 4.74 Å². The summed E-state index contributed by atoms with van der Waals surface area (Å²) in [5.41, 5.74) is 5.53. The molecule has 1 saturated heterocycles. The highest BCUT2D eigenvalue weighted by Crippen LogP contribution is 2.30. The molecule has 2 aliphatic rings. The zero-order valence-corrected chi connectivity index (χ0v) is 13.7. The van der Waals surface area contributed by atoms with Crippen molar-refractivity contribution in [2.45, 2.75) is 57.1 Å². The predicted molar refractivity (Wildman–Crippen MR) is 91.1 cm³/mol. The lowest BCUT2D eigenvalue weighted by Crippen LogP contribution is -2.25. The molecule has 132 valence electrons. The predicted octanol–water partition coefficient (Wildman–Crippen LogP) is 2.30. The van der Waals surface area contributed by atoms with Gasteiger partial charge in [0.2, 0.25) is 17.6 Å². The average molecular weight is 336 g/mol. The van der Waals surface area contributed by atoms with Crippen LogP contribution in [0, 0.1) is 10.1 Å². The van der Waals surface area contributed by atoms with Gasteiger partial charge in [0.05, 0.1) is 11.0 Å². The molecule has 1 aliphatic carbocycles. The third-order valence-corrected chi connectivity index (χ3v) is 4.55. The van der Waals surface area contributed by atoms with Gasteiger partial charge in [-0.3, -0.25) is 10.1 Å². The Bertz CT molecular complexity index is 585. The minimum Gasteiger partial charge on any atom is -0.378 e. The molecule has 2 heterocycles. The summed E-state index contributed by atoms with van der Waals surface area (Å²) in [5, 5.41) is 17.6. The van der Waals surface area contributed by atoms with Gasteiger partial charge in [-0.25, -0.2) is 0 Å². The van der Waals surface area contributed by atoms with Gasteiger partial charge in [-0.1, -0.05) is 19.3 Å². The Hall–Kier alpha value is -2.16. The van der Waals surface area contributed by atoms with Crippen molar-refractivity contribution in [3.05, 3.63) is 10.1 Å². The SMILES string of the molecule is Nc1nc(NC2CCCCC2)nc(NC[C@@H]2CCCO2)c1[N+](=O)[O-]. The third kappa shape index (κ3) is 4.02. The van der Waals surface area contributed by atoms with Crippen LogP contribution in [0.5, 0.6) is 0 Å². The molecule has 0 aromatic carbocycles. The zero-order valence-electron chi connectivity index (χ0n) is 13.7. The van der Waals surface area contributed by atoms with E-state index in [1.807, 2.05) is 0 Å². The second kappa shape index (κ2) is 7.61. The van der Waals surface area contributed by atoms with Crippen molar-refractivity contribution in [1.29, 1.82) is 0 Å². The van der Waals surface area contributed by atoms with Crippen molar-refractivity contribution >= 4 is 23.3 Å². The molecule has 3 rings (SSSR count). The second-order valence-corrected chi connectivity index (χ2v) is 6.38. The molecule has 0 bridgehead atoms. The van der Waals surface area contributed by atoms with Gasteiger partial charge in [0.1, 0.15) is 0 Å². The number of hydrogen-bond donors (Lipinski definition) is 3. The minimum atomic E-state index is -0.544. The first-order valence-corrected chi connectivity index (χ1v) is 8.57. The van der Waals surface area contributed by atoms with E-state index in [-0.39, 0.29) is 23.4 Å². The van der Waals surface area contributed by atoms with E-state index in [4.69, 9.17) is 10.5 Å². The van der Waals surface area contributed by atoms with Crippen molar-refractivity contribution in [2.75, 3.05) is 29.5 Å². The monoisotopic (exact) mass is 336 g/mol. The molecule has 4 N–H and O–H groups in total. The number of nitrogens with zero attached hydrogens (tertiary/aromatic N) is 3. The largest absolute Gasteiger partial charge is 0.378 e. The number of aromatic nitrogens is 2. The maximum absolute atomic E-state index is 11.3. The van der Waals surface area contributed by atoms with Crippen LogP contribution in [-0.4, -0.2) is 40.2 Å². The smallest absolute Gasteiger partial charge is 0.353 e. The Kier molecular flexibility index (Phi) is 5.29. The maximum Gasteiger partial charge on any atom is 0.353 e. The zero-order chi connectivity index (χ0) is 16.9. The molecule has 0 unspecified atom stereocenters. The topological polar surface area (TPSA) is 128 Å². The van der Waals surface area contributed by atoms with Crippen LogP contribution in [0.15, 0.2) is 0 Å². The first-order valence-electron chi connectivity index (χ1n) is 8.57. The number of nitro groups is 1.